The monoisotopic (exact) mass is 314 g/mol. The molecule has 2 aromatic rings. The summed E-state index contributed by atoms with van der Waals surface area (Å²) in [5, 5.41) is 9.18. The highest BCUT2D eigenvalue weighted by Crippen LogP contribution is 2.35. The zero-order chi connectivity index (χ0) is 16.5. The lowest BCUT2D eigenvalue weighted by Crippen LogP contribution is -2.08. The van der Waals surface area contributed by atoms with Crippen molar-refractivity contribution in [1.82, 2.24) is 0 Å². The lowest BCUT2D eigenvalue weighted by Gasteiger charge is -2.12. The highest BCUT2D eigenvalue weighted by Gasteiger charge is 2.34. The van der Waals surface area contributed by atoms with E-state index in [2.05, 4.69) is 0 Å². The molecule has 7 heteroatoms. The third kappa shape index (κ3) is 3.03. The number of hydrogen-bond donors (Lipinski definition) is 1. The van der Waals surface area contributed by atoms with Crippen molar-refractivity contribution in [3.8, 4) is 16.9 Å². The number of alkyl halides is 3. The SMILES string of the molecule is COc1ccc(-c2ccc(F)c(C(F)(F)F)c2)c(C(=O)O)c1. The lowest BCUT2D eigenvalue weighted by atomic mass is 9.97. The Morgan fingerprint density at radius 3 is 2.36 bits per heavy atom. The number of hydrogen-bond acceptors (Lipinski definition) is 2. The fourth-order valence-corrected chi connectivity index (χ4v) is 1.99. The van der Waals surface area contributed by atoms with Crippen LogP contribution in [0.5, 0.6) is 5.75 Å². The van der Waals surface area contributed by atoms with E-state index in [1.165, 1.54) is 25.3 Å². The van der Waals surface area contributed by atoms with Crippen LogP contribution in [0.2, 0.25) is 0 Å². The Morgan fingerprint density at radius 1 is 1.14 bits per heavy atom. The number of rotatable bonds is 3. The molecule has 0 aromatic heterocycles. The molecular weight excluding hydrogens is 304 g/mol. The van der Waals surface area contributed by atoms with E-state index >= 15 is 0 Å². The summed E-state index contributed by atoms with van der Waals surface area (Å²) >= 11 is 0. The molecule has 0 saturated carbocycles. The minimum Gasteiger partial charge on any atom is -0.497 e. The second-order valence-electron chi connectivity index (χ2n) is 4.41. The Kier molecular flexibility index (Phi) is 4.07. The summed E-state index contributed by atoms with van der Waals surface area (Å²) in [5.41, 5.74) is -1.69. The number of carboxylic acids is 1. The standard InChI is InChI=1S/C15H10F4O3/c1-22-9-3-4-10(11(7-9)14(20)21)8-2-5-13(16)12(6-8)15(17,18)19/h2-7H,1H3,(H,20,21). The van der Waals surface area contributed by atoms with Gasteiger partial charge in [-0.1, -0.05) is 6.07 Å². The van der Waals surface area contributed by atoms with E-state index in [4.69, 9.17) is 4.74 Å². The van der Waals surface area contributed by atoms with Crippen molar-refractivity contribution < 1.29 is 32.2 Å². The summed E-state index contributed by atoms with van der Waals surface area (Å²) in [5.74, 6) is -2.49. The number of carbonyl (C=O) groups is 1. The predicted molar refractivity (Wildman–Crippen MR) is 70.3 cm³/mol. The lowest BCUT2D eigenvalue weighted by molar-refractivity contribution is -0.139. The van der Waals surface area contributed by atoms with Crippen LogP contribution in [0.3, 0.4) is 0 Å². The molecule has 0 unspecified atom stereocenters. The van der Waals surface area contributed by atoms with E-state index in [1.54, 1.807) is 0 Å². The summed E-state index contributed by atoms with van der Waals surface area (Å²) in [6.45, 7) is 0. The molecule has 0 saturated heterocycles. The van der Waals surface area contributed by atoms with Gasteiger partial charge >= 0.3 is 12.1 Å². The van der Waals surface area contributed by atoms with Gasteiger partial charge in [-0.3, -0.25) is 0 Å². The van der Waals surface area contributed by atoms with Crippen molar-refractivity contribution >= 4 is 5.97 Å². The third-order valence-electron chi connectivity index (χ3n) is 3.04. The molecule has 0 amide bonds. The van der Waals surface area contributed by atoms with Crippen LogP contribution in [0, 0.1) is 5.82 Å². The van der Waals surface area contributed by atoms with Gasteiger partial charge in [0, 0.05) is 0 Å². The summed E-state index contributed by atoms with van der Waals surface area (Å²) in [4.78, 5) is 11.3. The van der Waals surface area contributed by atoms with Gasteiger partial charge in [0.05, 0.1) is 18.2 Å². The van der Waals surface area contributed by atoms with Gasteiger partial charge in [-0.05, 0) is 41.5 Å². The highest BCUT2D eigenvalue weighted by molar-refractivity contribution is 5.96. The first kappa shape index (κ1) is 15.8. The van der Waals surface area contributed by atoms with Gasteiger partial charge in [-0.2, -0.15) is 13.2 Å². The van der Waals surface area contributed by atoms with Crippen molar-refractivity contribution in [3.63, 3.8) is 0 Å². The van der Waals surface area contributed by atoms with E-state index in [0.717, 1.165) is 6.07 Å². The van der Waals surface area contributed by atoms with E-state index in [1.807, 2.05) is 0 Å². The molecule has 0 atom stereocenters. The van der Waals surface area contributed by atoms with Gasteiger partial charge in [0.15, 0.2) is 0 Å². The fourth-order valence-electron chi connectivity index (χ4n) is 1.99. The van der Waals surface area contributed by atoms with Crippen LogP contribution in [-0.2, 0) is 6.18 Å². The summed E-state index contributed by atoms with van der Waals surface area (Å²) in [6.07, 6.45) is -4.87. The first-order chi connectivity index (χ1) is 10.2. The third-order valence-corrected chi connectivity index (χ3v) is 3.04. The molecule has 2 rings (SSSR count). The van der Waals surface area contributed by atoms with Gasteiger partial charge in [0.2, 0.25) is 0 Å². The maximum atomic E-state index is 13.3. The van der Waals surface area contributed by atoms with Gasteiger partial charge in [0.25, 0.3) is 0 Å². The first-order valence-corrected chi connectivity index (χ1v) is 6.02. The van der Waals surface area contributed by atoms with Crippen molar-refractivity contribution in [2.24, 2.45) is 0 Å². The van der Waals surface area contributed by atoms with E-state index in [-0.39, 0.29) is 22.4 Å². The Hall–Kier alpha value is -2.57. The maximum absolute atomic E-state index is 13.3. The Bertz CT molecular complexity index is 723. The number of carboxylic acid groups (broad SMARTS) is 1. The Morgan fingerprint density at radius 2 is 1.82 bits per heavy atom. The Balaban J connectivity index is 2.64. The zero-order valence-electron chi connectivity index (χ0n) is 11.2. The van der Waals surface area contributed by atoms with E-state index < -0.39 is 23.5 Å². The molecule has 0 spiro atoms. The van der Waals surface area contributed by atoms with Crippen LogP contribution in [-0.4, -0.2) is 18.2 Å². The molecule has 0 aliphatic heterocycles. The fraction of sp³-hybridized carbons (Fsp3) is 0.133. The molecule has 2 aromatic carbocycles. The zero-order valence-corrected chi connectivity index (χ0v) is 11.2. The minimum absolute atomic E-state index is 0.0406. The van der Waals surface area contributed by atoms with Gasteiger partial charge in [-0.25, -0.2) is 9.18 Å². The van der Waals surface area contributed by atoms with Crippen LogP contribution in [0.25, 0.3) is 11.1 Å². The molecule has 0 fully saturated rings. The molecule has 0 aliphatic rings. The molecular formula is C15H10F4O3. The summed E-state index contributed by atoms with van der Waals surface area (Å²) in [6, 6.07) is 6.26. The first-order valence-electron chi connectivity index (χ1n) is 6.02. The molecule has 3 nitrogen and oxygen atoms in total. The second kappa shape index (κ2) is 5.67. The summed E-state index contributed by atoms with van der Waals surface area (Å²) < 4.78 is 56.4. The average Bonchev–Trinajstić information content (AvgIpc) is 2.46. The molecule has 116 valence electrons. The molecule has 1 N–H and O–H groups in total. The molecule has 0 heterocycles. The van der Waals surface area contributed by atoms with Crippen LogP contribution in [0.1, 0.15) is 15.9 Å². The molecule has 0 aliphatic carbocycles. The average molecular weight is 314 g/mol. The smallest absolute Gasteiger partial charge is 0.419 e. The Labute approximate surface area is 122 Å². The van der Waals surface area contributed by atoms with E-state index in [9.17, 15) is 27.5 Å². The molecule has 22 heavy (non-hydrogen) atoms. The number of halogens is 4. The topological polar surface area (TPSA) is 46.5 Å². The predicted octanol–water partition coefficient (Wildman–Crippen LogP) is 4.22. The van der Waals surface area contributed by atoms with Crippen molar-refractivity contribution in [1.29, 1.82) is 0 Å². The maximum Gasteiger partial charge on any atom is 0.419 e. The van der Waals surface area contributed by atoms with Crippen LogP contribution in [0.4, 0.5) is 17.6 Å². The number of benzene rings is 2. The van der Waals surface area contributed by atoms with Gasteiger partial charge in [0.1, 0.15) is 11.6 Å². The van der Waals surface area contributed by atoms with Crippen LogP contribution >= 0.6 is 0 Å². The normalized spacial score (nSPS) is 11.3. The van der Waals surface area contributed by atoms with Gasteiger partial charge < -0.3 is 9.84 Å². The second-order valence-corrected chi connectivity index (χ2v) is 4.41. The van der Waals surface area contributed by atoms with Crippen LogP contribution < -0.4 is 4.74 Å². The largest absolute Gasteiger partial charge is 0.497 e. The van der Waals surface area contributed by atoms with Crippen molar-refractivity contribution in [2.75, 3.05) is 7.11 Å². The van der Waals surface area contributed by atoms with Crippen LogP contribution in [0.15, 0.2) is 36.4 Å². The van der Waals surface area contributed by atoms with Gasteiger partial charge in [-0.15, -0.1) is 0 Å². The number of aromatic carboxylic acids is 1. The molecule has 0 radical (unpaired) electrons. The molecule has 0 bridgehead atoms. The number of methoxy groups -OCH3 is 1. The summed E-state index contributed by atoms with van der Waals surface area (Å²) in [7, 11) is 1.33. The van der Waals surface area contributed by atoms with Crippen molar-refractivity contribution in [2.45, 2.75) is 6.18 Å². The van der Waals surface area contributed by atoms with Crippen molar-refractivity contribution in [3.05, 3.63) is 53.3 Å². The highest BCUT2D eigenvalue weighted by atomic mass is 19.4. The minimum atomic E-state index is -4.87. The van der Waals surface area contributed by atoms with E-state index in [0.29, 0.717) is 12.1 Å². The number of ether oxygens (including phenoxy) is 1. The quantitative estimate of drug-likeness (QED) is 0.863.